The van der Waals surface area contributed by atoms with Gasteiger partial charge in [0.05, 0.1) is 0 Å². The second kappa shape index (κ2) is 3.38. The molecule has 0 fully saturated rings. The van der Waals surface area contributed by atoms with Crippen molar-refractivity contribution in [1.29, 1.82) is 0 Å². The van der Waals surface area contributed by atoms with Gasteiger partial charge in [-0.05, 0) is 0 Å². The number of rotatable bonds is 3. The Morgan fingerprint density at radius 3 is 2.50 bits per heavy atom. The van der Waals surface area contributed by atoms with Crippen molar-refractivity contribution in [2.75, 3.05) is 0 Å². The minimum Gasteiger partial charge on any atom is -0.518 e. The van der Waals surface area contributed by atoms with Crippen LogP contribution in [0.5, 0.6) is 0 Å². The van der Waals surface area contributed by atoms with Gasteiger partial charge in [0.15, 0.2) is 0 Å². The smallest absolute Gasteiger partial charge is 0.518 e. The summed E-state index contributed by atoms with van der Waals surface area (Å²) in [4.78, 5) is 10.1. The van der Waals surface area contributed by atoms with Crippen LogP contribution in [-0.2, 0) is 19.4 Å². The Labute approximate surface area is 58.6 Å². The molecule has 5 nitrogen and oxygen atoms in total. The summed E-state index contributed by atoms with van der Waals surface area (Å²) in [6.07, 6.45) is 0.797. The number of hydrogen-bond donors (Lipinski definition) is 1. The molecule has 0 bridgehead atoms. The molecule has 0 aliphatic rings. The fraction of sp³-hybridized carbons (Fsp3) is 0. The van der Waals surface area contributed by atoms with E-state index in [-0.39, 0.29) is 0 Å². The molecular weight excluding hydrogens is 159 g/mol. The zero-order valence-electron chi connectivity index (χ0n) is 4.98. The number of carbonyl (C=O) groups is 1. The van der Waals surface area contributed by atoms with Crippen LogP contribution in [0.3, 0.4) is 0 Å². The topological polar surface area (TPSA) is 80.7 Å². The largest absolute Gasteiger partial charge is 0.519 e. The summed E-state index contributed by atoms with van der Waals surface area (Å²) >= 11 is 0. The van der Waals surface area contributed by atoms with E-state index in [1.54, 1.807) is 0 Å². The van der Waals surface area contributed by atoms with Crippen LogP contribution in [0.25, 0.3) is 0 Å². The monoisotopic (exact) mass is 164 g/mol. The third kappa shape index (κ3) is 5.32. The fourth-order valence-corrected chi connectivity index (χ4v) is 0.457. The second-order valence-electron chi connectivity index (χ2n) is 1.37. The maximum atomic E-state index is 10.1. The molecule has 0 saturated heterocycles. The van der Waals surface area contributed by atoms with E-state index in [1.165, 1.54) is 0 Å². The molecule has 0 aliphatic carbocycles. The molecule has 0 rings (SSSR count). The third-order valence-corrected chi connectivity index (χ3v) is 0.932. The van der Waals surface area contributed by atoms with Crippen LogP contribution in [0.1, 0.15) is 0 Å². The molecule has 1 N–H and O–H groups in total. The van der Waals surface area contributed by atoms with E-state index in [4.69, 9.17) is 4.55 Å². The van der Waals surface area contributed by atoms with Gasteiger partial charge in [-0.3, -0.25) is 4.55 Å². The molecule has 0 unspecified atom stereocenters. The summed E-state index contributed by atoms with van der Waals surface area (Å²) < 4.78 is 31.8. The molecule has 0 amide bonds. The molecule has 0 aromatic carbocycles. The van der Waals surface area contributed by atoms with Crippen molar-refractivity contribution < 1.29 is 22.4 Å². The zero-order chi connectivity index (χ0) is 8.20. The molecule has 0 radical (unpaired) electrons. The Bertz CT molecular complexity index is 229. The van der Waals surface area contributed by atoms with Gasteiger partial charge < -0.3 is 4.65 Å². The summed E-state index contributed by atoms with van der Waals surface area (Å²) in [6, 6.07) is 0. The molecule has 56 valence electrons. The van der Waals surface area contributed by atoms with Crippen LogP contribution in [0.2, 0.25) is 0 Å². The molecule has 0 heterocycles. The molecule has 0 aliphatic heterocycles. The number of carbonyl (C=O) groups excluding carboxylic acids is 1. The Morgan fingerprint density at radius 1 is 1.70 bits per heavy atom. The van der Waals surface area contributed by atoms with Gasteiger partial charge >= 0.3 is 12.7 Å². The normalized spacial score (nSPS) is 10.1. The van der Waals surface area contributed by atoms with Crippen LogP contribution in [0, 0.1) is 0 Å². The van der Waals surface area contributed by atoms with Crippen LogP contribution < -0.4 is 0 Å². The van der Waals surface area contributed by atoms with Crippen LogP contribution in [0.15, 0.2) is 12.7 Å². The van der Waals surface area contributed by atoms with Gasteiger partial charge in [-0.25, -0.2) is 13.2 Å². The average Bonchev–Trinajstić information content (AvgIpc) is 1.81. The summed E-state index contributed by atoms with van der Waals surface area (Å²) in [5.41, 5.74) is 0. The second-order valence-corrected chi connectivity index (χ2v) is 2.77. The lowest BCUT2D eigenvalue weighted by Gasteiger charge is -1.94. The van der Waals surface area contributed by atoms with Crippen molar-refractivity contribution in [3.63, 3.8) is 0 Å². The van der Waals surface area contributed by atoms with E-state index < -0.39 is 22.7 Å². The highest BCUT2D eigenvalue weighted by Gasteiger charge is 2.11. The van der Waals surface area contributed by atoms with Crippen molar-refractivity contribution in [3.8, 4) is 0 Å². The van der Waals surface area contributed by atoms with Crippen molar-refractivity contribution in [3.05, 3.63) is 12.7 Å². The van der Waals surface area contributed by atoms with Crippen molar-refractivity contribution in [1.82, 2.24) is 0 Å². The Hall–Kier alpha value is -0.815. The molecular formula is C3H5BO5S. The Balaban J connectivity index is 3.78. The lowest BCUT2D eigenvalue weighted by molar-refractivity contribution is -0.128. The van der Waals surface area contributed by atoms with Gasteiger partial charge in [-0.2, -0.15) is 0 Å². The van der Waals surface area contributed by atoms with Crippen molar-refractivity contribution in [2.45, 2.75) is 0 Å². The number of hydrogen-bond acceptors (Lipinski definition) is 4. The van der Waals surface area contributed by atoms with E-state index in [1.807, 2.05) is 0 Å². The van der Waals surface area contributed by atoms with Gasteiger partial charge in [-0.1, -0.05) is 6.58 Å². The minimum atomic E-state index is -4.22. The van der Waals surface area contributed by atoms with Crippen molar-refractivity contribution >= 4 is 22.7 Å². The Kier molecular flexibility index (Phi) is 3.10. The van der Waals surface area contributed by atoms with Crippen LogP contribution >= 0.6 is 0 Å². The zero-order valence-corrected chi connectivity index (χ0v) is 5.80. The lowest BCUT2D eigenvalue weighted by Crippen LogP contribution is -2.15. The SMILES string of the molecule is C=CC(=O)OBS(=O)(=O)O. The van der Waals surface area contributed by atoms with E-state index in [0.29, 0.717) is 0 Å². The molecule has 0 aromatic heterocycles. The van der Waals surface area contributed by atoms with Gasteiger partial charge in [-0.15, -0.1) is 0 Å². The summed E-state index contributed by atoms with van der Waals surface area (Å²) in [6.45, 7) is 1.98. The van der Waals surface area contributed by atoms with E-state index in [2.05, 4.69) is 11.2 Å². The highest BCUT2D eigenvalue weighted by Crippen LogP contribution is 1.81. The van der Waals surface area contributed by atoms with E-state index in [0.717, 1.165) is 6.08 Å². The highest BCUT2D eigenvalue weighted by atomic mass is 32.2. The third-order valence-electron chi connectivity index (χ3n) is 0.517. The highest BCUT2D eigenvalue weighted by molar-refractivity contribution is 8.10. The predicted octanol–water partition coefficient (Wildman–Crippen LogP) is -1.13. The maximum absolute atomic E-state index is 10.1. The van der Waals surface area contributed by atoms with Crippen molar-refractivity contribution in [2.24, 2.45) is 0 Å². The van der Waals surface area contributed by atoms with E-state index >= 15 is 0 Å². The van der Waals surface area contributed by atoms with E-state index in [9.17, 15) is 13.2 Å². The van der Waals surface area contributed by atoms with Gasteiger partial charge in [0.1, 0.15) is 0 Å². The first-order chi connectivity index (χ1) is 4.45. The van der Waals surface area contributed by atoms with Crippen LogP contribution in [0.4, 0.5) is 0 Å². The molecule has 0 spiro atoms. The van der Waals surface area contributed by atoms with Gasteiger partial charge in [0, 0.05) is 6.08 Å². The average molecular weight is 164 g/mol. The molecule has 0 atom stereocenters. The summed E-state index contributed by atoms with van der Waals surface area (Å²) in [5.74, 6) is -0.891. The Morgan fingerprint density at radius 2 is 2.20 bits per heavy atom. The predicted molar refractivity (Wildman–Crippen MR) is 35.0 cm³/mol. The fourth-order valence-electron chi connectivity index (χ4n) is 0.191. The minimum absolute atomic E-state index is 0.797. The standard InChI is InChI=1S/C3H5BO5S/c1-2-3(5)9-4-10(6,7)8/h2,4H,1H2,(H,6,7,8). The van der Waals surface area contributed by atoms with Gasteiger partial charge in [0.2, 0.25) is 0 Å². The summed E-state index contributed by atoms with van der Waals surface area (Å²) in [7, 11) is -4.22. The molecule has 7 heteroatoms. The first kappa shape index (κ1) is 9.18. The van der Waals surface area contributed by atoms with Gasteiger partial charge in [0.25, 0.3) is 9.97 Å². The summed E-state index contributed by atoms with van der Waals surface area (Å²) in [5, 5.41) is 0. The molecule has 10 heavy (non-hydrogen) atoms. The first-order valence-corrected chi connectivity index (χ1v) is 3.81. The first-order valence-electron chi connectivity index (χ1n) is 2.20. The quantitative estimate of drug-likeness (QED) is 0.324. The van der Waals surface area contributed by atoms with Crippen LogP contribution in [-0.4, -0.2) is 25.7 Å². The maximum Gasteiger partial charge on any atom is 0.519 e. The molecule has 0 saturated carbocycles. The lowest BCUT2D eigenvalue weighted by atomic mass is 10.5. The molecule has 0 aromatic rings.